The van der Waals surface area contributed by atoms with Crippen molar-refractivity contribution in [2.75, 3.05) is 0 Å². The third kappa shape index (κ3) is 3.42. The Morgan fingerprint density at radius 3 is 2.53 bits per heavy atom. The van der Waals surface area contributed by atoms with Gasteiger partial charge in [0.15, 0.2) is 0 Å². The summed E-state index contributed by atoms with van der Waals surface area (Å²) in [5.74, 6) is 1.18. The van der Waals surface area contributed by atoms with E-state index in [0.717, 1.165) is 10.0 Å². The maximum atomic E-state index is 6.08. The maximum absolute atomic E-state index is 6.08. The maximum Gasteiger partial charge on any atom is 0.147 e. The number of nitrogens with two attached hydrogens (primary N) is 1. The largest absolute Gasteiger partial charge is 0.455 e. The molecule has 0 unspecified atom stereocenters. The van der Waals surface area contributed by atoms with Gasteiger partial charge in [0, 0.05) is 6.04 Å². The monoisotopic (exact) mass is 359 g/mol. The molecule has 0 saturated heterocycles. The molecule has 0 radical (unpaired) electrons. The number of halogens is 3. The van der Waals surface area contributed by atoms with Crippen LogP contribution in [0.25, 0.3) is 0 Å². The van der Waals surface area contributed by atoms with Crippen molar-refractivity contribution in [1.82, 2.24) is 0 Å². The van der Waals surface area contributed by atoms with Gasteiger partial charge in [-0.1, -0.05) is 35.3 Å². The summed E-state index contributed by atoms with van der Waals surface area (Å²) >= 11 is 15.5. The van der Waals surface area contributed by atoms with Crippen LogP contribution in [0.2, 0.25) is 10.0 Å². The molecule has 0 aromatic heterocycles. The van der Waals surface area contributed by atoms with Crippen LogP contribution in [0.3, 0.4) is 0 Å². The van der Waals surface area contributed by atoms with E-state index in [-0.39, 0.29) is 6.04 Å². The molecular weight excluding hydrogens is 349 g/mol. The molecule has 0 spiro atoms. The summed E-state index contributed by atoms with van der Waals surface area (Å²) in [5, 5.41) is 0.856. The van der Waals surface area contributed by atoms with E-state index in [1.54, 1.807) is 18.2 Å². The van der Waals surface area contributed by atoms with Gasteiger partial charge in [-0.25, -0.2) is 0 Å². The van der Waals surface area contributed by atoms with Crippen LogP contribution in [-0.2, 0) is 0 Å². The molecule has 1 atom stereocenters. The highest BCUT2D eigenvalue weighted by atomic mass is 79.9. The zero-order valence-corrected chi connectivity index (χ0v) is 13.3. The average molecular weight is 361 g/mol. The van der Waals surface area contributed by atoms with E-state index in [9.17, 15) is 0 Å². The van der Waals surface area contributed by atoms with Gasteiger partial charge >= 0.3 is 0 Å². The van der Waals surface area contributed by atoms with Crippen molar-refractivity contribution < 1.29 is 4.74 Å². The van der Waals surface area contributed by atoms with Crippen LogP contribution in [0.15, 0.2) is 40.9 Å². The summed E-state index contributed by atoms with van der Waals surface area (Å²) in [6, 6.07) is 10.9. The lowest BCUT2D eigenvalue weighted by molar-refractivity contribution is 0.479. The van der Waals surface area contributed by atoms with Crippen LogP contribution < -0.4 is 10.5 Å². The lowest BCUT2D eigenvalue weighted by Gasteiger charge is -2.12. The lowest BCUT2D eigenvalue weighted by atomic mass is 10.1. The van der Waals surface area contributed by atoms with Gasteiger partial charge in [-0.3, -0.25) is 0 Å². The Balaban J connectivity index is 2.31. The SMILES string of the molecule is C[C@H](N)c1ccc(Oc2cccc(Cl)c2Cl)c(Br)c1. The molecule has 2 nitrogen and oxygen atoms in total. The Hall–Kier alpha value is -0.740. The van der Waals surface area contributed by atoms with E-state index >= 15 is 0 Å². The highest BCUT2D eigenvalue weighted by Crippen LogP contribution is 2.37. The van der Waals surface area contributed by atoms with Gasteiger partial charge in [-0.05, 0) is 52.7 Å². The van der Waals surface area contributed by atoms with E-state index in [1.165, 1.54) is 0 Å². The van der Waals surface area contributed by atoms with Crippen molar-refractivity contribution in [1.29, 1.82) is 0 Å². The zero-order valence-electron chi connectivity index (χ0n) is 10.2. The third-order valence-electron chi connectivity index (χ3n) is 2.62. The van der Waals surface area contributed by atoms with Crippen LogP contribution in [0.4, 0.5) is 0 Å². The van der Waals surface area contributed by atoms with Crippen LogP contribution in [-0.4, -0.2) is 0 Å². The molecule has 0 aliphatic carbocycles. The second-order valence-corrected chi connectivity index (χ2v) is 5.77. The molecule has 0 saturated carbocycles. The molecule has 0 bridgehead atoms. The van der Waals surface area contributed by atoms with Gasteiger partial charge in [0.1, 0.15) is 16.5 Å². The second kappa shape index (κ2) is 6.14. The van der Waals surface area contributed by atoms with Crippen molar-refractivity contribution in [2.24, 2.45) is 5.73 Å². The predicted octanol–water partition coefficient (Wildman–Crippen LogP) is 5.57. The number of hydrogen-bond acceptors (Lipinski definition) is 2. The first kappa shape index (κ1) is 14.7. The molecule has 0 amide bonds. The van der Waals surface area contributed by atoms with Crippen molar-refractivity contribution in [3.05, 3.63) is 56.5 Å². The van der Waals surface area contributed by atoms with E-state index in [0.29, 0.717) is 21.5 Å². The fourth-order valence-corrected chi connectivity index (χ4v) is 2.37. The van der Waals surface area contributed by atoms with E-state index in [2.05, 4.69) is 15.9 Å². The van der Waals surface area contributed by atoms with Gasteiger partial charge < -0.3 is 10.5 Å². The number of rotatable bonds is 3. The smallest absolute Gasteiger partial charge is 0.147 e. The number of hydrogen-bond donors (Lipinski definition) is 1. The molecule has 2 rings (SSSR count). The van der Waals surface area contributed by atoms with Crippen LogP contribution >= 0.6 is 39.1 Å². The highest BCUT2D eigenvalue weighted by molar-refractivity contribution is 9.10. The highest BCUT2D eigenvalue weighted by Gasteiger charge is 2.10. The minimum atomic E-state index is -0.0277. The van der Waals surface area contributed by atoms with Crippen LogP contribution in [0.1, 0.15) is 18.5 Å². The quantitative estimate of drug-likeness (QED) is 0.776. The van der Waals surface area contributed by atoms with Gasteiger partial charge in [0.05, 0.1) is 9.50 Å². The van der Waals surface area contributed by atoms with Crippen molar-refractivity contribution in [2.45, 2.75) is 13.0 Å². The van der Waals surface area contributed by atoms with Crippen LogP contribution in [0.5, 0.6) is 11.5 Å². The first-order valence-corrected chi connectivity index (χ1v) is 7.21. The summed E-state index contributed by atoms with van der Waals surface area (Å²) in [4.78, 5) is 0. The Morgan fingerprint density at radius 2 is 1.89 bits per heavy atom. The fraction of sp³-hybridized carbons (Fsp3) is 0.143. The second-order valence-electron chi connectivity index (χ2n) is 4.13. The first-order chi connectivity index (χ1) is 8.99. The molecule has 0 fully saturated rings. The fourth-order valence-electron chi connectivity index (χ4n) is 1.56. The third-order valence-corrected chi connectivity index (χ3v) is 4.04. The summed E-state index contributed by atoms with van der Waals surface area (Å²) in [5.41, 5.74) is 6.85. The summed E-state index contributed by atoms with van der Waals surface area (Å²) < 4.78 is 6.57. The Kier molecular flexibility index (Phi) is 4.74. The average Bonchev–Trinajstić information content (AvgIpc) is 2.37. The molecule has 100 valence electrons. The van der Waals surface area contributed by atoms with Crippen molar-refractivity contribution in [3.63, 3.8) is 0 Å². The predicted molar refractivity (Wildman–Crippen MR) is 83.3 cm³/mol. The molecule has 5 heteroatoms. The molecule has 0 aliphatic rings. The normalized spacial score (nSPS) is 12.3. The standard InChI is InChI=1S/C14H12BrCl2NO/c1-8(18)9-5-6-12(10(15)7-9)19-13-4-2-3-11(16)14(13)17/h2-8H,18H2,1H3/t8-/m0/s1. The molecule has 2 aromatic rings. The van der Waals surface area contributed by atoms with Crippen molar-refractivity contribution >= 4 is 39.1 Å². The Labute approximate surface area is 130 Å². The van der Waals surface area contributed by atoms with Crippen molar-refractivity contribution in [3.8, 4) is 11.5 Å². The van der Waals surface area contributed by atoms with Gasteiger partial charge in [0.25, 0.3) is 0 Å². The van der Waals surface area contributed by atoms with Gasteiger partial charge in [0.2, 0.25) is 0 Å². The minimum absolute atomic E-state index is 0.0277. The molecule has 19 heavy (non-hydrogen) atoms. The Bertz CT molecular complexity index is 602. The van der Waals surface area contributed by atoms with E-state index < -0.39 is 0 Å². The molecule has 0 aliphatic heterocycles. The first-order valence-electron chi connectivity index (χ1n) is 5.66. The number of ether oxygens (including phenoxy) is 1. The summed E-state index contributed by atoms with van der Waals surface area (Å²) in [6.45, 7) is 1.93. The molecule has 0 heterocycles. The molecular formula is C14H12BrCl2NO. The van der Waals surface area contributed by atoms with E-state index in [4.69, 9.17) is 33.7 Å². The van der Waals surface area contributed by atoms with Gasteiger partial charge in [-0.2, -0.15) is 0 Å². The molecule has 2 aromatic carbocycles. The summed E-state index contributed by atoms with van der Waals surface area (Å²) in [7, 11) is 0. The Morgan fingerprint density at radius 1 is 1.16 bits per heavy atom. The minimum Gasteiger partial charge on any atom is -0.455 e. The summed E-state index contributed by atoms with van der Waals surface area (Å²) in [6.07, 6.45) is 0. The molecule has 2 N–H and O–H groups in total. The van der Waals surface area contributed by atoms with Gasteiger partial charge in [-0.15, -0.1) is 0 Å². The number of benzene rings is 2. The topological polar surface area (TPSA) is 35.2 Å². The zero-order chi connectivity index (χ0) is 14.0. The lowest BCUT2D eigenvalue weighted by Crippen LogP contribution is -2.04. The van der Waals surface area contributed by atoms with E-state index in [1.807, 2.05) is 25.1 Å². The van der Waals surface area contributed by atoms with Crippen LogP contribution in [0, 0.1) is 0 Å².